The predicted octanol–water partition coefficient (Wildman–Crippen LogP) is 0.413. The number of rotatable bonds is 1. The van der Waals surface area contributed by atoms with Gasteiger partial charge in [-0.3, -0.25) is 0 Å². The maximum atomic E-state index is 8.72. The second-order valence-corrected chi connectivity index (χ2v) is 3.12. The number of aromatic nitrogens is 1. The molecular formula is C8H14BClN2O2. The second-order valence-electron chi connectivity index (χ2n) is 2.71. The third-order valence-corrected chi connectivity index (χ3v) is 1.50. The zero-order valence-corrected chi connectivity index (χ0v) is 8.99. The Kier molecular flexibility index (Phi) is 6.28. The predicted molar refractivity (Wildman–Crippen MR) is 59.5 cm³/mol. The summed E-state index contributed by atoms with van der Waals surface area (Å²) in [5, 5.41) is 17.6. The van der Waals surface area contributed by atoms with Gasteiger partial charge < -0.3 is 15.8 Å². The first-order valence-corrected chi connectivity index (χ1v) is 4.67. The minimum absolute atomic E-state index is 0.166. The number of nitrogens with zero attached hydrogens (tertiary/aromatic N) is 1. The van der Waals surface area contributed by atoms with Gasteiger partial charge in [0.05, 0.1) is 5.02 Å². The second kappa shape index (κ2) is 6.65. The zero-order valence-electron chi connectivity index (χ0n) is 8.24. The highest BCUT2D eigenvalue weighted by Crippen LogP contribution is 2.05. The van der Waals surface area contributed by atoms with E-state index >= 15 is 0 Å². The minimum atomic E-state index is -1.60. The molecule has 0 aliphatic rings. The van der Waals surface area contributed by atoms with Crippen LogP contribution in [0.4, 0.5) is 5.82 Å². The van der Waals surface area contributed by atoms with Crippen molar-refractivity contribution in [2.75, 3.05) is 5.73 Å². The number of hydrogen-bond acceptors (Lipinski definition) is 4. The topological polar surface area (TPSA) is 79.4 Å². The number of nitrogen functional groups attached to an aromatic ring is 1. The highest BCUT2D eigenvalue weighted by molar-refractivity contribution is 6.62. The Morgan fingerprint density at radius 2 is 2.00 bits per heavy atom. The van der Waals surface area contributed by atoms with Crippen molar-refractivity contribution in [1.82, 2.24) is 4.98 Å². The molecule has 78 valence electrons. The van der Waals surface area contributed by atoms with E-state index in [0.717, 1.165) is 0 Å². The molecule has 4 nitrogen and oxygen atoms in total. The van der Waals surface area contributed by atoms with Crippen LogP contribution in [0.15, 0.2) is 12.3 Å². The van der Waals surface area contributed by atoms with Crippen LogP contribution in [-0.4, -0.2) is 22.2 Å². The highest BCUT2D eigenvalue weighted by atomic mass is 35.5. The van der Waals surface area contributed by atoms with Gasteiger partial charge in [0, 0.05) is 11.7 Å². The van der Waals surface area contributed by atoms with Crippen molar-refractivity contribution < 1.29 is 10.0 Å². The molecule has 0 bridgehead atoms. The summed E-state index contributed by atoms with van der Waals surface area (Å²) in [6.07, 6.45) is 2.52. The SMILES string of the molecule is CCC.Nc1cc(B(O)O)c(Cl)cn1. The largest absolute Gasteiger partial charge is 0.490 e. The monoisotopic (exact) mass is 216 g/mol. The Bertz CT molecular complexity index is 284. The fraction of sp³-hybridized carbons (Fsp3) is 0.375. The van der Waals surface area contributed by atoms with Crippen molar-refractivity contribution in [3.63, 3.8) is 0 Å². The van der Waals surface area contributed by atoms with Crippen LogP contribution in [0.1, 0.15) is 20.3 Å². The van der Waals surface area contributed by atoms with E-state index in [1.807, 2.05) is 0 Å². The third-order valence-electron chi connectivity index (χ3n) is 1.18. The highest BCUT2D eigenvalue weighted by Gasteiger charge is 2.15. The number of anilines is 1. The van der Waals surface area contributed by atoms with E-state index in [4.69, 9.17) is 27.4 Å². The lowest BCUT2D eigenvalue weighted by atomic mass is 9.81. The normalized spacial score (nSPS) is 8.93. The van der Waals surface area contributed by atoms with Crippen molar-refractivity contribution >= 4 is 30.0 Å². The van der Waals surface area contributed by atoms with E-state index in [-0.39, 0.29) is 16.3 Å². The molecule has 0 spiro atoms. The molecule has 1 rings (SSSR count). The van der Waals surface area contributed by atoms with Gasteiger partial charge >= 0.3 is 7.12 Å². The van der Waals surface area contributed by atoms with Gasteiger partial charge in [0.1, 0.15) is 5.82 Å². The molecule has 0 amide bonds. The lowest BCUT2D eigenvalue weighted by Crippen LogP contribution is -2.31. The summed E-state index contributed by atoms with van der Waals surface area (Å²) >= 11 is 5.55. The molecule has 14 heavy (non-hydrogen) atoms. The van der Waals surface area contributed by atoms with Gasteiger partial charge in [-0.15, -0.1) is 0 Å². The molecule has 0 fully saturated rings. The maximum absolute atomic E-state index is 8.72. The molecule has 0 aliphatic heterocycles. The van der Waals surface area contributed by atoms with Crippen molar-refractivity contribution in [3.8, 4) is 0 Å². The van der Waals surface area contributed by atoms with Gasteiger partial charge in [-0.1, -0.05) is 31.9 Å². The van der Waals surface area contributed by atoms with Crippen LogP contribution in [0.3, 0.4) is 0 Å². The van der Waals surface area contributed by atoms with E-state index < -0.39 is 7.12 Å². The van der Waals surface area contributed by atoms with Crippen molar-refractivity contribution in [3.05, 3.63) is 17.3 Å². The summed E-state index contributed by atoms with van der Waals surface area (Å²) in [4.78, 5) is 3.65. The van der Waals surface area contributed by atoms with Crippen LogP contribution in [0.2, 0.25) is 5.02 Å². The molecule has 0 unspecified atom stereocenters. The van der Waals surface area contributed by atoms with E-state index in [0.29, 0.717) is 0 Å². The lowest BCUT2D eigenvalue weighted by molar-refractivity contribution is 0.426. The van der Waals surface area contributed by atoms with Crippen LogP contribution in [0.5, 0.6) is 0 Å². The van der Waals surface area contributed by atoms with Gasteiger partial charge in [-0.25, -0.2) is 4.98 Å². The van der Waals surface area contributed by atoms with Crippen molar-refractivity contribution in [1.29, 1.82) is 0 Å². The molecule has 1 aromatic heterocycles. The van der Waals surface area contributed by atoms with E-state index in [2.05, 4.69) is 18.8 Å². The summed E-state index contributed by atoms with van der Waals surface area (Å²) in [5.74, 6) is 0.206. The average Bonchev–Trinajstić information content (AvgIpc) is 2.10. The molecular weight excluding hydrogens is 202 g/mol. The standard InChI is InChI=1S/C5H6BClN2O2.C3H8/c7-4-2-9-5(8)1-3(4)6(10)11;1-3-2/h1-2,10-11H,(H2,8,9);3H2,1-2H3. The van der Waals surface area contributed by atoms with Crippen LogP contribution in [0.25, 0.3) is 0 Å². The summed E-state index contributed by atoms with van der Waals surface area (Å²) in [6.45, 7) is 4.25. The summed E-state index contributed by atoms with van der Waals surface area (Å²) < 4.78 is 0. The van der Waals surface area contributed by atoms with Crippen LogP contribution in [-0.2, 0) is 0 Å². The summed E-state index contributed by atoms with van der Waals surface area (Å²) in [5.41, 5.74) is 5.44. The van der Waals surface area contributed by atoms with Gasteiger partial charge in [0.25, 0.3) is 0 Å². The molecule has 0 saturated heterocycles. The van der Waals surface area contributed by atoms with E-state index in [1.54, 1.807) is 0 Å². The molecule has 0 aliphatic carbocycles. The Hall–Kier alpha value is -0.775. The Labute approximate surface area is 88.9 Å². The third kappa shape index (κ3) is 4.46. The number of halogens is 1. The van der Waals surface area contributed by atoms with Gasteiger partial charge in [-0.2, -0.15) is 0 Å². The van der Waals surface area contributed by atoms with Crippen LogP contribution < -0.4 is 11.2 Å². The number of hydrogen-bond donors (Lipinski definition) is 3. The quantitative estimate of drug-likeness (QED) is 0.594. The van der Waals surface area contributed by atoms with E-state index in [9.17, 15) is 0 Å². The van der Waals surface area contributed by atoms with Gasteiger partial charge in [-0.05, 0) is 6.07 Å². The Morgan fingerprint density at radius 3 is 2.36 bits per heavy atom. The lowest BCUT2D eigenvalue weighted by Gasteiger charge is -2.01. The molecule has 1 aromatic rings. The number of nitrogens with two attached hydrogens (primary N) is 1. The fourth-order valence-electron chi connectivity index (χ4n) is 0.669. The molecule has 0 atom stereocenters. The average molecular weight is 216 g/mol. The van der Waals surface area contributed by atoms with Crippen molar-refractivity contribution in [2.45, 2.75) is 20.3 Å². The molecule has 0 radical (unpaired) electrons. The van der Waals surface area contributed by atoms with Crippen LogP contribution >= 0.6 is 11.6 Å². The first-order chi connectivity index (χ1) is 6.52. The maximum Gasteiger partial charge on any atom is 0.490 e. The molecule has 0 aromatic carbocycles. The molecule has 6 heteroatoms. The Balaban J connectivity index is 0.000000500. The van der Waals surface area contributed by atoms with Crippen LogP contribution in [0, 0.1) is 0 Å². The minimum Gasteiger partial charge on any atom is -0.423 e. The fourth-order valence-corrected chi connectivity index (χ4v) is 0.870. The summed E-state index contributed by atoms with van der Waals surface area (Å²) in [7, 11) is -1.60. The first kappa shape index (κ1) is 13.2. The molecule has 0 saturated carbocycles. The Morgan fingerprint density at radius 1 is 1.50 bits per heavy atom. The van der Waals surface area contributed by atoms with E-state index in [1.165, 1.54) is 18.7 Å². The zero-order chi connectivity index (χ0) is 11.1. The number of pyridine rings is 1. The smallest absolute Gasteiger partial charge is 0.423 e. The first-order valence-electron chi connectivity index (χ1n) is 4.29. The molecule has 4 N–H and O–H groups in total. The summed E-state index contributed by atoms with van der Waals surface area (Å²) in [6, 6.07) is 1.31. The van der Waals surface area contributed by atoms with Gasteiger partial charge in [0.15, 0.2) is 0 Å². The van der Waals surface area contributed by atoms with Gasteiger partial charge in [0.2, 0.25) is 0 Å². The van der Waals surface area contributed by atoms with Crippen molar-refractivity contribution in [2.24, 2.45) is 0 Å². The molecule has 1 heterocycles.